The maximum atomic E-state index is 7.63. The average molecular weight is 346 g/mol. The van der Waals surface area contributed by atoms with Gasteiger partial charge in [-0.25, -0.2) is 0 Å². The molecule has 0 saturated heterocycles. The fourth-order valence-electron chi connectivity index (χ4n) is 1.63. The molecule has 0 unspecified atom stereocenters. The SMILES string of the molecule is COc1ccnc(-c2cccc(NC(=N)SC)c2)c1.Cl.Cl. The summed E-state index contributed by atoms with van der Waals surface area (Å²) >= 11 is 1.36. The predicted octanol–water partition coefficient (Wildman–Crippen LogP) is 4.31. The topological polar surface area (TPSA) is 58.0 Å². The first-order chi connectivity index (χ1) is 9.22. The van der Waals surface area contributed by atoms with Gasteiger partial charge >= 0.3 is 0 Å². The van der Waals surface area contributed by atoms with Crippen molar-refractivity contribution in [1.29, 1.82) is 5.41 Å². The Morgan fingerprint density at radius 3 is 2.67 bits per heavy atom. The molecule has 4 nitrogen and oxygen atoms in total. The Hall–Kier alpha value is -1.43. The van der Waals surface area contributed by atoms with Gasteiger partial charge in [0.2, 0.25) is 0 Å². The van der Waals surface area contributed by atoms with E-state index < -0.39 is 0 Å². The van der Waals surface area contributed by atoms with E-state index in [1.54, 1.807) is 13.3 Å². The van der Waals surface area contributed by atoms with Gasteiger partial charge in [-0.1, -0.05) is 23.9 Å². The summed E-state index contributed by atoms with van der Waals surface area (Å²) < 4.78 is 5.20. The molecule has 0 saturated carbocycles. The smallest absolute Gasteiger partial charge is 0.157 e. The fourth-order valence-corrected chi connectivity index (χ4v) is 1.85. The van der Waals surface area contributed by atoms with Crippen LogP contribution in [0.2, 0.25) is 0 Å². The summed E-state index contributed by atoms with van der Waals surface area (Å²) in [7, 11) is 1.64. The Labute approximate surface area is 141 Å². The van der Waals surface area contributed by atoms with Gasteiger partial charge in [0.25, 0.3) is 0 Å². The number of hydrogen-bond acceptors (Lipinski definition) is 4. The van der Waals surface area contributed by atoms with Crippen molar-refractivity contribution < 1.29 is 4.74 Å². The minimum atomic E-state index is 0. The van der Waals surface area contributed by atoms with Crippen LogP contribution in [-0.2, 0) is 0 Å². The first-order valence-corrected chi connectivity index (χ1v) is 6.95. The van der Waals surface area contributed by atoms with Crippen molar-refractivity contribution in [3.05, 3.63) is 42.6 Å². The molecule has 114 valence electrons. The number of pyridine rings is 1. The van der Waals surface area contributed by atoms with Gasteiger partial charge in [0, 0.05) is 23.5 Å². The number of anilines is 1. The zero-order chi connectivity index (χ0) is 13.7. The molecule has 0 radical (unpaired) electrons. The van der Waals surface area contributed by atoms with Gasteiger partial charge in [-0.05, 0) is 24.5 Å². The highest BCUT2D eigenvalue weighted by Gasteiger charge is 2.03. The molecule has 2 N–H and O–H groups in total. The molecule has 21 heavy (non-hydrogen) atoms. The number of methoxy groups -OCH3 is 1. The molecule has 0 aliphatic heterocycles. The van der Waals surface area contributed by atoms with E-state index in [2.05, 4.69) is 10.3 Å². The zero-order valence-electron chi connectivity index (χ0n) is 11.6. The van der Waals surface area contributed by atoms with E-state index in [4.69, 9.17) is 10.1 Å². The first-order valence-electron chi connectivity index (χ1n) is 5.73. The Bertz CT molecular complexity index is 596. The van der Waals surface area contributed by atoms with Crippen LogP contribution in [0.1, 0.15) is 0 Å². The van der Waals surface area contributed by atoms with Crippen molar-refractivity contribution in [2.45, 2.75) is 0 Å². The van der Waals surface area contributed by atoms with Gasteiger partial charge in [-0.15, -0.1) is 24.8 Å². The summed E-state index contributed by atoms with van der Waals surface area (Å²) in [6.45, 7) is 0. The lowest BCUT2D eigenvalue weighted by Crippen LogP contribution is -2.04. The van der Waals surface area contributed by atoms with Crippen LogP contribution in [0, 0.1) is 5.41 Å². The standard InChI is InChI=1S/C14H15N3OS.2ClH/c1-18-12-6-7-16-13(9-12)10-4-3-5-11(8-10)17-14(15)19-2;;/h3-9H,1-2H3,(H2,15,17);2*1H. The summed E-state index contributed by atoms with van der Waals surface area (Å²) in [6, 6.07) is 11.5. The predicted molar refractivity (Wildman–Crippen MR) is 95.6 cm³/mol. The summed E-state index contributed by atoms with van der Waals surface area (Å²) in [5.41, 5.74) is 2.71. The second kappa shape index (κ2) is 9.50. The number of nitrogens with one attached hydrogen (secondary N) is 2. The highest BCUT2D eigenvalue weighted by molar-refractivity contribution is 8.13. The summed E-state index contributed by atoms with van der Waals surface area (Å²) in [4.78, 5) is 4.33. The summed E-state index contributed by atoms with van der Waals surface area (Å²) in [6.07, 6.45) is 3.58. The van der Waals surface area contributed by atoms with Crippen molar-refractivity contribution in [2.24, 2.45) is 0 Å². The molecule has 7 heteroatoms. The van der Waals surface area contributed by atoms with Gasteiger partial charge in [-0.2, -0.15) is 0 Å². The van der Waals surface area contributed by atoms with E-state index in [0.717, 1.165) is 22.7 Å². The quantitative estimate of drug-likeness (QED) is 0.642. The van der Waals surface area contributed by atoms with E-state index in [1.807, 2.05) is 42.7 Å². The molecule has 0 aliphatic rings. The van der Waals surface area contributed by atoms with Crippen LogP contribution < -0.4 is 10.1 Å². The van der Waals surface area contributed by atoms with E-state index in [1.165, 1.54) is 11.8 Å². The van der Waals surface area contributed by atoms with Crippen molar-refractivity contribution in [1.82, 2.24) is 4.98 Å². The van der Waals surface area contributed by atoms with Crippen LogP contribution in [0.5, 0.6) is 5.75 Å². The second-order valence-electron chi connectivity index (χ2n) is 3.82. The van der Waals surface area contributed by atoms with Crippen molar-refractivity contribution in [2.75, 3.05) is 18.7 Å². The second-order valence-corrected chi connectivity index (χ2v) is 4.64. The van der Waals surface area contributed by atoms with Crippen LogP contribution >= 0.6 is 36.6 Å². The highest BCUT2D eigenvalue weighted by Crippen LogP contribution is 2.24. The molecule has 1 aromatic heterocycles. The van der Waals surface area contributed by atoms with Crippen molar-refractivity contribution in [3.8, 4) is 17.0 Å². The fraction of sp³-hybridized carbons (Fsp3) is 0.143. The van der Waals surface area contributed by atoms with Gasteiger partial charge < -0.3 is 10.1 Å². The number of benzene rings is 1. The van der Waals surface area contributed by atoms with Crippen LogP contribution in [-0.4, -0.2) is 23.5 Å². The number of amidine groups is 1. The molecule has 0 aliphatic carbocycles. The van der Waals surface area contributed by atoms with Gasteiger partial charge in [0.05, 0.1) is 12.8 Å². The summed E-state index contributed by atoms with van der Waals surface area (Å²) in [5, 5.41) is 11.1. The molecule has 0 spiro atoms. The van der Waals surface area contributed by atoms with Crippen molar-refractivity contribution >= 4 is 47.4 Å². The number of halogens is 2. The number of rotatable bonds is 3. The molecule has 0 atom stereocenters. The molecule has 2 rings (SSSR count). The highest BCUT2D eigenvalue weighted by atomic mass is 35.5. The van der Waals surface area contributed by atoms with E-state index >= 15 is 0 Å². The van der Waals surface area contributed by atoms with Crippen LogP contribution in [0.25, 0.3) is 11.3 Å². The van der Waals surface area contributed by atoms with E-state index in [9.17, 15) is 0 Å². The monoisotopic (exact) mass is 345 g/mol. The third-order valence-corrected chi connectivity index (χ3v) is 3.10. The normalized spacial score (nSPS) is 9.05. The van der Waals surface area contributed by atoms with Crippen LogP contribution in [0.15, 0.2) is 42.6 Å². The zero-order valence-corrected chi connectivity index (χ0v) is 14.1. The maximum Gasteiger partial charge on any atom is 0.157 e. The minimum Gasteiger partial charge on any atom is -0.497 e. The molecule has 0 amide bonds. The number of aromatic nitrogens is 1. The minimum absolute atomic E-state index is 0. The van der Waals surface area contributed by atoms with Crippen molar-refractivity contribution in [3.63, 3.8) is 0 Å². The Kier molecular flexibility index (Phi) is 8.85. The average Bonchev–Trinajstić information content (AvgIpc) is 2.47. The summed E-state index contributed by atoms with van der Waals surface area (Å²) in [5.74, 6) is 0.778. The van der Waals surface area contributed by atoms with Crippen LogP contribution in [0.3, 0.4) is 0 Å². The maximum absolute atomic E-state index is 7.63. The third-order valence-electron chi connectivity index (χ3n) is 2.59. The van der Waals surface area contributed by atoms with Gasteiger partial charge in [0.15, 0.2) is 5.17 Å². The molecular formula is C14H17Cl2N3OS. The number of nitrogens with zero attached hydrogens (tertiary/aromatic N) is 1. The van der Waals surface area contributed by atoms with E-state index in [-0.39, 0.29) is 24.8 Å². The third kappa shape index (κ3) is 5.46. The van der Waals surface area contributed by atoms with Crippen LogP contribution in [0.4, 0.5) is 5.69 Å². The largest absolute Gasteiger partial charge is 0.497 e. The van der Waals surface area contributed by atoms with Gasteiger partial charge in [-0.3, -0.25) is 10.4 Å². The van der Waals surface area contributed by atoms with E-state index in [0.29, 0.717) is 5.17 Å². The number of ether oxygens (including phenoxy) is 1. The number of hydrogen-bond donors (Lipinski definition) is 2. The first kappa shape index (κ1) is 19.6. The molecule has 0 fully saturated rings. The Morgan fingerprint density at radius 1 is 1.24 bits per heavy atom. The molecule has 1 heterocycles. The lowest BCUT2D eigenvalue weighted by molar-refractivity contribution is 0.414. The molecular weight excluding hydrogens is 329 g/mol. The number of thioether (sulfide) groups is 1. The molecule has 2 aromatic rings. The molecule has 0 bridgehead atoms. The Morgan fingerprint density at radius 2 is 2.00 bits per heavy atom. The molecule has 1 aromatic carbocycles. The van der Waals surface area contributed by atoms with Gasteiger partial charge in [0.1, 0.15) is 5.75 Å². The lowest BCUT2D eigenvalue weighted by Gasteiger charge is -2.08. The Balaban J connectivity index is 0.00000200. The lowest BCUT2D eigenvalue weighted by atomic mass is 10.1.